The van der Waals surface area contributed by atoms with E-state index in [0.29, 0.717) is 36.5 Å². The van der Waals surface area contributed by atoms with Crippen molar-refractivity contribution in [1.29, 1.82) is 0 Å². The lowest BCUT2D eigenvalue weighted by atomic mass is 9.99. The zero-order chi connectivity index (χ0) is 21.0. The van der Waals surface area contributed by atoms with Crippen LogP contribution in [0.4, 0.5) is 4.39 Å². The summed E-state index contributed by atoms with van der Waals surface area (Å²) < 4.78 is 13.1. The predicted octanol–water partition coefficient (Wildman–Crippen LogP) is 3.31. The maximum Gasteiger partial charge on any atom is 0.256 e. The largest absolute Gasteiger partial charge is 0.345 e. The second kappa shape index (κ2) is 9.11. The quantitative estimate of drug-likeness (QED) is 0.775. The molecule has 0 bridgehead atoms. The minimum Gasteiger partial charge on any atom is -0.345 e. The molecule has 0 unspecified atom stereocenters. The molecule has 2 amide bonds. The van der Waals surface area contributed by atoms with Gasteiger partial charge < -0.3 is 9.80 Å². The maximum atomic E-state index is 13.1. The number of aromatic nitrogens is 2. The predicted molar refractivity (Wildman–Crippen MR) is 108 cm³/mol. The van der Waals surface area contributed by atoms with Crippen molar-refractivity contribution in [2.24, 2.45) is 0 Å². The molecule has 0 aliphatic carbocycles. The molecule has 1 aliphatic rings. The van der Waals surface area contributed by atoms with E-state index >= 15 is 0 Å². The summed E-state index contributed by atoms with van der Waals surface area (Å²) in [4.78, 5) is 37.5. The lowest BCUT2D eigenvalue weighted by Gasteiger charge is -2.35. The molecule has 0 radical (unpaired) electrons. The van der Waals surface area contributed by atoms with Gasteiger partial charge in [0, 0.05) is 33.3 Å². The van der Waals surface area contributed by atoms with Crippen molar-refractivity contribution in [3.05, 3.63) is 58.9 Å². The second-order valence-corrected chi connectivity index (χ2v) is 7.65. The molecule has 2 aromatic rings. The average Bonchev–Trinajstić information content (AvgIpc) is 2.72. The fourth-order valence-corrected chi connectivity index (χ4v) is 3.64. The first-order valence-electron chi connectivity index (χ1n) is 9.96. The monoisotopic (exact) mass is 398 g/mol. The fourth-order valence-electron chi connectivity index (χ4n) is 3.64. The lowest BCUT2D eigenvalue weighted by molar-refractivity contribution is -0.135. The van der Waals surface area contributed by atoms with Gasteiger partial charge in [-0.3, -0.25) is 9.59 Å². The second-order valence-electron chi connectivity index (χ2n) is 7.65. The summed E-state index contributed by atoms with van der Waals surface area (Å²) in [5.41, 5.74) is 2.04. The smallest absolute Gasteiger partial charge is 0.256 e. The third-order valence-electron chi connectivity index (χ3n) is 5.30. The molecule has 1 atom stereocenters. The van der Waals surface area contributed by atoms with E-state index in [1.54, 1.807) is 39.3 Å². The van der Waals surface area contributed by atoms with E-state index in [4.69, 9.17) is 0 Å². The molecule has 2 heterocycles. The molecule has 0 spiro atoms. The van der Waals surface area contributed by atoms with Crippen molar-refractivity contribution in [3.63, 3.8) is 0 Å². The van der Waals surface area contributed by atoms with Crippen molar-refractivity contribution in [2.45, 2.75) is 45.1 Å². The summed E-state index contributed by atoms with van der Waals surface area (Å²) in [5, 5.41) is 0. The number of aryl methyl sites for hydroxylation is 2. The summed E-state index contributed by atoms with van der Waals surface area (Å²) in [5.74, 6) is 0.228. The number of hydrogen-bond acceptors (Lipinski definition) is 4. The van der Waals surface area contributed by atoms with Crippen LogP contribution in [0.5, 0.6) is 0 Å². The van der Waals surface area contributed by atoms with Crippen LogP contribution in [0.15, 0.2) is 30.5 Å². The zero-order valence-corrected chi connectivity index (χ0v) is 17.2. The van der Waals surface area contributed by atoms with Gasteiger partial charge in [-0.05, 0) is 50.3 Å². The Morgan fingerprint density at radius 2 is 1.93 bits per heavy atom. The number of carbonyl (C=O) groups excluding carboxylic acids is 2. The van der Waals surface area contributed by atoms with E-state index in [1.807, 2.05) is 4.90 Å². The first-order valence-corrected chi connectivity index (χ1v) is 9.96. The van der Waals surface area contributed by atoms with Crippen molar-refractivity contribution in [1.82, 2.24) is 19.8 Å². The van der Waals surface area contributed by atoms with Crippen LogP contribution >= 0.6 is 0 Å². The molecule has 6 nitrogen and oxygen atoms in total. The van der Waals surface area contributed by atoms with E-state index in [9.17, 15) is 14.0 Å². The number of likely N-dealkylation sites (tertiary alicyclic amines) is 1. The number of halogens is 1. The number of nitrogens with zero attached hydrogens (tertiary/aromatic N) is 4. The highest BCUT2D eigenvalue weighted by atomic mass is 19.1. The normalized spacial score (nSPS) is 16.6. The Kier molecular flexibility index (Phi) is 6.56. The van der Waals surface area contributed by atoms with Crippen molar-refractivity contribution >= 4 is 11.8 Å². The van der Waals surface area contributed by atoms with E-state index in [2.05, 4.69) is 9.97 Å². The Balaban J connectivity index is 1.73. The third-order valence-corrected chi connectivity index (χ3v) is 5.30. The summed E-state index contributed by atoms with van der Waals surface area (Å²) in [6.45, 7) is 2.47. The molecule has 0 N–H and O–H groups in total. The Morgan fingerprint density at radius 3 is 2.59 bits per heavy atom. The highest BCUT2D eigenvalue weighted by Crippen LogP contribution is 2.30. The number of piperidine rings is 1. The van der Waals surface area contributed by atoms with Gasteiger partial charge in [-0.2, -0.15) is 0 Å². The number of amides is 2. The number of benzene rings is 1. The van der Waals surface area contributed by atoms with Gasteiger partial charge in [0.25, 0.3) is 5.91 Å². The number of rotatable bonds is 5. The van der Waals surface area contributed by atoms with Crippen LogP contribution < -0.4 is 0 Å². The third kappa shape index (κ3) is 4.96. The topological polar surface area (TPSA) is 66.4 Å². The van der Waals surface area contributed by atoms with Crippen LogP contribution in [0.1, 0.15) is 59.2 Å². The van der Waals surface area contributed by atoms with Gasteiger partial charge in [0.05, 0.1) is 17.3 Å². The van der Waals surface area contributed by atoms with Crippen LogP contribution in [-0.2, 0) is 11.2 Å². The Labute approximate surface area is 170 Å². The Hall–Kier alpha value is -2.83. The van der Waals surface area contributed by atoms with Crippen LogP contribution in [0, 0.1) is 12.7 Å². The SMILES string of the molecule is Cc1nc([C@H]2CCCCN2C(=O)CCc2ccc(F)cc2)ncc1C(=O)N(C)C. The van der Waals surface area contributed by atoms with Crippen LogP contribution in [0.3, 0.4) is 0 Å². The lowest BCUT2D eigenvalue weighted by Crippen LogP contribution is -2.39. The molecule has 1 saturated heterocycles. The molecule has 29 heavy (non-hydrogen) atoms. The van der Waals surface area contributed by atoms with E-state index in [-0.39, 0.29) is 23.7 Å². The molecular weight excluding hydrogens is 371 g/mol. The van der Waals surface area contributed by atoms with Gasteiger partial charge in [0.15, 0.2) is 5.82 Å². The Bertz CT molecular complexity index is 883. The minimum atomic E-state index is -0.278. The van der Waals surface area contributed by atoms with Gasteiger partial charge in [-0.15, -0.1) is 0 Å². The number of carbonyl (C=O) groups is 2. The Morgan fingerprint density at radius 1 is 1.21 bits per heavy atom. The standard InChI is InChI=1S/C22H27FN4O2/c1-15-18(22(29)26(2)3)14-24-21(25-15)19-6-4-5-13-27(19)20(28)12-9-16-7-10-17(23)11-8-16/h7-8,10-11,14,19H,4-6,9,12-13H2,1-3H3/t19-/m1/s1. The van der Waals surface area contributed by atoms with Gasteiger partial charge in [0.1, 0.15) is 5.82 Å². The summed E-state index contributed by atoms with van der Waals surface area (Å²) in [6, 6.07) is 6.08. The van der Waals surface area contributed by atoms with Crippen molar-refractivity contribution < 1.29 is 14.0 Å². The van der Waals surface area contributed by atoms with Crippen molar-refractivity contribution in [3.8, 4) is 0 Å². The highest BCUT2D eigenvalue weighted by Gasteiger charge is 2.30. The first kappa shape index (κ1) is 20.9. The number of hydrogen-bond donors (Lipinski definition) is 0. The fraction of sp³-hybridized carbons (Fsp3) is 0.455. The highest BCUT2D eigenvalue weighted by molar-refractivity contribution is 5.94. The van der Waals surface area contributed by atoms with Crippen LogP contribution in [0.2, 0.25) is 0 Å². The minimum absolute atomic E-state index is 0.0497. The summed E-state index contributed by atoms with van der Waals surface area (Å²) >= 11 is 0. The molecule has 1 fully saturated rings. The van der Waals surface area contributed by atoms with Gasteiger partial charge >= 0.3 is 0 Å². The molecule has 1 aromatic heterocycles. The summed E-state index contributed by atoms with van der Waals surface area (Å²) in [6.07, 6.45) is 5.26. The van der Waals surface area contributed by atoms with E-state index in [0.717, 1.165) is 24.8 Å². The molecule has 154 valence electrons. The van der Waals surface area contributed by atoms with Gasteiger partial charge in [-0.1, -0.05) is 12.1 Å². The zero-order valence-electron chi connectivity index (χ0n) is 17.2. The molecule has 1 aromatic carbocycles. The molecule has 1 aliphatic heterocycles. The molecule has 0 saturated carbocycles. The van der Waals surface area contributed by atoms with Gasteiger partial charge in [0.2, 0.25) is 5.91 Å². The van der Waals surface area contributed by atoms with Crippen LogP contribution in [0.25, 0.3) is 0 Å². The molecular formula is C22H27FN4O2. The molecule has 3 rings (SSSR count). The first-order chi connectivity index (χ1) is 13.9. The van der Waals surface area contributed by atoms with Crippen LogP contribution in [-0.4, -0.2) is 52.2 Å². The van der Waals surface area contributed by atoms with E-state index in [1.165, 1.54) is 17.0 Å². The van der Waals surface area contributed by atoms with Crippen molar-refractivity contribution in [2.75, 3.05) is 20.6 Å². The van der Waals surface area contributed by atoms with E-state index < -0.39 is 0 Å². The maximum absolute atomic E-state index is 13.1. The van der Waals surface area contributed by atoms with Gasteiger partial charge in [-0.25, -0.2) is 14.4 Å². The summed E-state index contributed by atoms with van der Waals surface area (Å²) in [7, 11) is 3.39. The average molecular weight is 398 g/mol. The molecule has 7 heteroatoms.